The fourth-order valence-corrected chi connectivity index (χ4v) is 2.68. The van der Waals surface area contributed by atoms with Crippen molar-refractivity contribution < 1.29 is 28.6 Å². The molecule has 1 amide bonds. The molecule has 0 unspecified atom stereocenters. The van der Waals surface area contributed by atoms with Crippen molar-refractivity contribution >= 4 is 28.6 Å². The first kappa shape index (κ1) is 17.6. The summed E-state index contributed by atoms with van der Waals surface area (Å²) in [6.45, 7) is 0.645. The third-order valence-corrected chi connectivity index (χ3v) is 3.98. The van der Waals surface area contributed by atoms with Crippen molar-refractivity contribution in [3.63, 3.8) is 0 Å². The van der Waals surface area contributed by atoms with E-state index < -0.39 is 11.9 Å². The fraction of sp³-hybridized carbons (Fsp3) is 0.222. The molecule has 28 heavy (non-hydrogen) atoms. The second-order valence-corrected chi connectivity index (χ2v) is 5.84. The molecular weight excluding hydrogens is 368 g/mol. The standard InChI is InChI=1S/C18H16N4O6/c1-25-18(24)11-2-4-13-14(8-11)22(21-20-13)28-10-17(23)19-12-3-5-15-16(9-12)27-7-6-26-15/h2-5,8-9H,6-7,10H2,1H3,(H,19,23). The minimum absolute atomic E-state index is 0.310. The summed E-state index contributed by atoms with van der Waals surface area (Å²) in [7, 11) is 1.29. The van der Waals surface area contributed by atoms with Gasteiger partial charge in [0.2, 0.25) is 0 Å². The van der Waals surface area contributed by atoms with Gasteiger partial charge in [-0.15, -0.1) is 5.10 Å². The quantitative estimate of drug-likeness (QED) is 0.650. The Kier molecular flexibility index (Phi) is 4.67. The van der Waals surface area contributed by atoms with Crippen molar-refractivity contribution in [1.29, 1.82) is 0 Å². The summed E-state index contributed by atoms with van der Waals surface area (Å²) in [5, 5.41) is 10.5. The fourth-order valence-electron chi connectivity index (χ4n) is 2.68. The maximum absolute atomic E-state index is 12.2. The maximum atomic E-state index is 12.2. The second-order valence-electron chi connectivity index (χ2n) is 5.84. The largest absolute Gasteiger partial charge is 0.486 e. The zero-order chi connectivity index (χ0) is 19.5. The molecule has 10 nitrogen and oxygen atoms in total. The summed E-state index contributed by atoms with van der Waals surface area (Å²) >= 11 is 0. The number of ether oxygens (including phenoxy) is 3. The van der Waals surface area contributed by atoms with Crippen LogP contribution in [0.25, 0.3) is 11.0 Å². The van der Waals surface area contributed by atoms with Crippen LogP contribution in [0.4, 0.5) is 5.69 Å². The van der Waals surface area contributed by atoms with Gasteiger partial charge in [0, 0.05) is 11.8 Å². The highest BCUT2D eigenvalue weighted by Crippen LogP contribution is 2.32. The first-order valence-corrected chi connectivity index (χ1v) is 8.40. The lowest BCUT2D eigenvalue weighted by molar-refractivity contribution is -0.121. The van der Waals surface area contributed by atoms with Crippen molar-refractivity contribution in [2.75, 3.05) is 32.2 Å². The summed E-state index contributed by atoms with van der Waals surface area (Å²) in [5.41, 5.74) is 1.83. The molecule has 3 aromatic rings. The van der Waals surface area contributed by atoms with E-state index in [1.165, 1.54) is 13.2 Å². The zero-order valence-corrected chi connectivity index (χ0v) is 14.9. The first-order chi connectivity index (χ1) is 13.6. The molecule has 1 aliphatic heterocycles. The lowest BCUT2D eigenvalue weighted by Gasteiger charge is -2.19. The van der Waals surface area contributed by atoms with Gasteiger partial charge in [-0.25, -0.2) is 4.79 Å². The predicted molar refractivity (Wildman–Crippen MR) is 96.4 cm³/mol. The minimum atomic E-state index is -0.494. The molecule has 0 bridgehead atoms. The van der Waals surface area contributed by atoms with E-state index in [0.717, 1.165) is 4.85 Å². The number of methoxy groups -OCH3 is 1. The number of esters is 1. The van der Waals surface area contributed by atoms with Crippen molar-refractivity contribution in [3.8, 4) is 11.5 Å². The summed E-state index contributed by atoms with van der Waals surface area (Å²) in [6, 6.07) is 9.83. The van der Waals surface area contributed by atoms with Gasteiger partial charge in [-0.05, 0) is 35.5 Å². The van der Waals surface area contributed by atoms with E-state index in [0.29, 0.717) is 47.0 Å². The molecule has 10 heteroatoms. The van der Waals surface area contributed by atoms with E-state index in [9.17, 15) is 9.59 Å². The Morgan fingerprint density at radius 2 is 1.96 bits per heavy atom. The van der Waals surface area contributed by atoms with Crippen LogP contribution in [-0.2, 0) is 9.53 Å². The molecule has 0 saturated heterocycles. The lowest BCUT2D eigenvalue weighted by Crippen LogP contribution is -2.26. The van der Waals surface area contributed by atoms with E-state index in [1.54, 1.807) is 30.3 Å². The summed E-state index contributed by atoms with van der Waals surface area (Å²) in [4.78, 5) is 30.3. The number of fused-ring (bicyclic) bond motifs is 2. The van der Waals surface area contributed by atoms with Crippen LogP contribution in [0.3, 0.4) is 0 Å². The highest BCUT2D eigenvalue weighted by atomic mass is 16.7. The second kappa shape index (κ2) is 7.43. The number of hydrogen-bond donors (Lipinski definition) is 1. The Morgan fingerprint density at radius 3 is 2.79 bits per heavy atom. The van der Waals surface area contributed by atoms with Gasteiger partial charge in [0.25, 0.3) is 5.91 Å². The predicted octanol–water partition coefficient (Wildman–Crippen LogP) is 1.06. The van der Waals surface area contributed by atoms with Gasteiger partial charge < -0.3 is 24.4 Å². The monoisotopic (exact) mass is 384 g/mol. The molecule has 0 fully saturated rings. The Balaban J connectivity index is 1.42. The molecule has 0 atom stereocenters. The molecule has 144 valence electrons. The van der Waals surface area contributed by atoms with Gasteiger partial charge in [0.15, 0.2) is 18.1 Å². The van der Waals surface area contributed by atoms with Gasteiger partial charge in [0.1, 0.15) is 24.2 Å². The Morgan fingerprint density at radius 1 is 1.14 bits per heavy atom. The summed E-state index contributed by atoms with van der Waals surface area (Å²) in [5.74, 6) is 0.314. The lowest BCUT2D eigenvalue weighted by atomic mass is 10.2. The number of nitrogens with zero attached hydrogens (tertiary/aromatic N) is 3. The van der Waals surface area contributed by atoms with Crippen LogP contribution in [0.5, 0.6) is 11.5 Å². The van der Waals surface area contributed by atoms with E-state index in [-0.39, 0.29) is 6.61 Å². The van der Waals surface area contributed by atoms with Crippen LogP contribution in [-0.4, -0.2) is 54.0 Å². The van der Waals surface area contributed by atoms with Crippen LogP contribution < -0.4 is 19.6 Å². The Labute approximate surface area is 158 Å². The Hall–Kier alpha value is -3.82. The molecule has 0 radical (unpaired) electrons. The number of carbonyl (C=O) groups is 2. The SMILES string of the molecule is COC(=O)c1ccc2nnn(OCC(=O)Nc3ccc4c(c3)OCCO4)c2c1. The third kappa shape index (κ3) is 3.52. The average Bonchev–Trinajstić information content (AvgIpc) is 3.14. The number of aromatic nitrogens is 3. The van der Waals surface area contributed by atoms with Crippen molar-refractivity contribution in [2.24, 2.45) is 0 Å². The van der Waals surface area contributed by atoms with Gasteiger partial charge in [0.05, 0.1) is 12.7 Å². The van der Waals surface area contributed by atoms with Crippen LogP contribution in [0.15, 0.2) is 36.4 Å². The van der Waals surface area contributed by atoms with Gasteiger partial charge >= 0.3 is 5.97 Å². The molecule has 2 aromatic carbocycles. The van der Waals surface area contributed by atoms with Crippen LogP contribution in [0.2, 0.25) is 0 Å². The van der Waals surface area contributed by atoms with Gasteiger partial charge in [-0.1, -0.05) is 4.85 Å². The van der Waals surface area contributed by atoms with E-state index in [2.05, 4.69) is 15.6 Å². The average molecular weight is 384 g/mol. The number of hydrogen-bond acceptors (Lipinski definition) is 8. The van der Waals surface area contributed by atoms with Crippen LogP contribution in [0.1, 0.15) is 10.4 Å². The Bertz CT molecular complexity index is 1050. The van der Waals surface area contributed by atoms with Crippen molar-refractivity contribution in [1.82, 2.24) is 15.2 Å². The minimum Gasteiger partial charge on any atom is -0.486 e. The van der Waals surface area contributed by atoms with E-state index in [1.807, 2.05) is 0 Å². The third-order valence-electron chi connectivity index (χ3n) is 3.98. The number of nitrogens with one attached hydrogen (secondary N) is 1. The van der Waals surface area contributed by atoms with Crippen LogP contribution >= 0.6 is 0 Å². The van der Waals surface area contributed by atoms with Gasteiger partial charge in [-0.3, -0.25) is 4.79 Å². The van der Waals surface area contributed by atoms with Gasteiger partial charge in [-0.2, -0.15) is 0 Å². The molecule has 0 spiro atoms. The number of benzene rings is 2. The number of anilines is 1. The molecule has 1 N–H and O–H groups in total. The number of amides is 1. The molecule has 4 rings (SSSR count). The van der Waals surface area contributed by atoms with Crippen molar-refractivity contribution in [3.05, 3.63) is 42.0 Å². The van der Waals surface area contributed by atoms with Crippen molar-refractivity contribution in [2.45, 2.75) is 0 Å². The summed E-state index contributed by atoms with van der Waals surface area (Å²) < 4.78 is 15.6. The highest BCUT2D eigenvalue weighted by molar-refractivity contribution is 5.93. The highest BCUT2D eigenvalue weighted by Gasteiger charge is 2.15. The summed E-state index contributed by atoms with van der Waals surface area (Å²) in [6.07, 6.45) is 0. The molecule has 0 saturated carbocycles. The zero-order valence-electron chi connectivity index (χ0n) is 14.9. The van der Waals surface area contributed by atoms with Crippen LogP contribution in [0, 0.1) is 0 Å². The normalized spacial score (nSPS) is 12.5. The first-order valence-electron chi connectivity index (χ1n) is 8.40. The number of rotatable bonds is 5. The molecule has 2 heterocycles. The van der Waals surface area contributed by atoms with E-state index >= 15 is 0 Å². The van der Waals surface area contributed by atoms with E-state index in [4.69, 9.17) is 19.0 Å². The molecule has 1 aliphatic rings. The molecular formula is C18H16N4O6. The number of carbonyl (C=O) groups excluding carboxylic acids is 2. The maximum Gasteiger partial charge on any atom is 0.337 e. The smallest absolute Gasteiger partial charge is 0.337 e. The molecule has 0 aliphatic carbocycles. The molecule has 1 aromatic heterocycles. The topological polar surface area (TPSA) is 114 Å².